The Morgan fingerprint density at radius 1 is 1.27 bits per heavy atom. The second-order valence-corrected chi connectivity index (χ2v) is 4.40. The molecule has 0 bridgehead atoms. The zero-order chi connectivity index (χ0) is 11.1. The van der Waals surface area contributed by atoms with Crippen molar-refractivity contribution in [3.63, 3.8) is 0 Å². The van der Waals surface area contributed by atoms with Gasteiger partial charge in [-0.1, -0.05) is 30.3 Å². The fraction of sp³-hybridized carbons (Fsp3) is 0.400. The molecule has 1 atom stereocenters. The van der Waals surface area contributed by atoms with Crippen molar-refractivity contribution < 1.29 is 17.5 Å². The predicted molar refractivity (Wildman–Crippen MR) is 56.2 cm³/mol. The molecule has 0 heterocycles. The molecule has 15 heavy (non-hydrogen) atoms. The van der Waals surface area contributed by atoms with E-state index >= 15 is 0 Å². The van der Waals surface area contributed by atoms with Crippen LogP contribution in [0.4, 0.5) is 4.39 Å². The van der Waals surface area contributed by atoms with E-state index in [0.717, 1.165) is 5.56 Å². The van der Waals surface area contributed by atoms with Crippen LogP contribution in [0.5, 0.6) is 0 Å². The Labute approximate surface area is 89.8 Å². The van der Waals surface area contributed by atoms with Crippen LogP contribution in [-0.4, -0.2) is 26.9 Å². The summed E-state index contributed by atoms with van der Waals surface area (Å²) in [5.41, 5.74) is 0.941. The van der Waals surface area contributed by atoms with E-state index < -0.39 is 22.6 Å². The summed E-state index contributed by atoms with van der Waals surface area (Å²) in [5.74, 6) is 0. The van der Waals surface area contributed by atoms with Crippen LogP contribution in [-0.2, 0) is 22.0 Å². The summed E-state index contributed by atoms with van der Waals surface area (Å²) >= 11 is 0. The van der Waals surface area contributed by atoms with E-state index in [2.05, 4.69) is 0 Å². The van der Waals surface area contributed by atoms with Gasteiger partial charge in [0.25, 0.3) is 0 Å². The summed E-state index contributed by atoms with van der Waals surface area (Å²) < 4.78 is 38.3. The van der Waals surface area contributed by atoms with E-state index in [9.17, 15) is 12.8 Å². The van der Waals surface area contributed by atoms with Crippen molar-refractivity contribution in [2.24, 2.45) is 0 Å². The summed E-state index contributed by atoms with van der Waals surface area (Å²) in [7, 11) is -2.74. The van der Waals surface area contributed by atoms with E-state index in [1.807, 2.05) is 30.3 Å². The molecule has 0 N–H and O–H groups in total. The van der Waals surface area contributed by atoms with Gasteiger partial charge < -0.3 is 4.74 Å². The fourth-order valence-electron chi connectivity index (χ4n) is 1.05. The van der Waals surface area contributed by atoms with Crippen LogP contribution in [0.15, 0.2) is 30.3 Å². The van der Waals surface area contributed by atoms with Crippen molar-refractivity contribution >= 4 is 10.7 Å². The molecule has 0 radical (unpaired) electrons. The number of halogens is 1. The zero-order valence-corrected chi connectivity index (χ0v) is 9.03. The van der Waals surface area contributed by atoms with Gasteiger partial charge in [-0.25, -0.2) is 12.8 Å². The molecule has 1 aromatic carbocycles. The first-order valence-corrected chi connectivity index (χ1v) is 5.80. The minimum atomic E-state index is -2.74. The number of alkyl halides is 1. The van der Waals surface area contributed by atoms with Gasteiger partial charge in [-0.15, -0.1) is 0 Å². The number of benzene rings is 1. The summed E-state index contributed by atoms with van der Waals surface area (Å²) in [6, 6.07) is 9.32. The van der Waals surface area contributed by atoms with E-state index in [1.54, 1.807) is 0 Å². The normalized spacial score (nSPS) is 12.9. The molecular weight excluding hydrogens is 219 g/mol. The molecule has 0 amide bonds. The van der Waals surface area contributed by atoms with Crippen LogP contribution in [0.25, 0.3) is 0 Å². The highest BCUT2D eigenvalue weighted by molar-refractivity contribution is 7.73. The van der Waals surface area contributed by atoms with Gasteiger partial charge in [0, 0.05) is 0 Å². The van der Waals surface area contributed by atoms with Crippen LogP contribution >= 0.6 is 0 Å². The maximum Gasteiger partial charge on any atom is 0.147 e. The molecule has 1 unspecified atom stereocenters. The molecule has 1 aromatic rings. The number of hydrogen-bond acceptors (Lipinski definition) is 3. The molecule has 0 aliphatic rings. The van der Waals surface area contributed by atoms with Crippen molar-refractivity contribution in [3.8, 4) is 0 Å². The average Bonchev–Trinajstić information content (AvgIpc) is 2.25. The molecule has 0 aliphatic heterocycles. The molecule has 1 rings (SSSR count). The number of ether oxygens (including phenoxy) is 1. The molecule has 5 heteroatoms. The molecule has 0 fully saturated rings. The third-order valence-corrected chi connectivity index (χ3v) is 2.78. The third-order valence-electron chi connectivity index (χ3n) is 1.90. The van der Waals surface area contributed by atoms with Crippen LogP contribution in [0.2, 0.25) is 0 Å². The number of hydrogen-bond donors (Lipinski definition) is 1. The van der Waals surface area contributed by atoms with E-state index in [1.165, 1.54) is 0 Å². The quantitative estimate of drug-likeness (QED) is 0.748. The Balaban J connectivity index is 2.33. The summed E-state index contributed by atoms with van der Waals surface area (Å²) in [4.78, 5) is 0. The van der Waals surface area contributed by atoms with Crippen molar-refractivity contribution in [2.75, 3.05) is 13.3 Å². The Kier molecular flexibility index (Phi) is 5.28. The summed E-state index contributed by atoms with van der Waals surface area (Å²) in [5, 5.41) is -1.02. The van der Waals surface area contributed by atoms with E-state index in [4.69, 9.17) is 4.74 Å². The van der Waals surface area contributed by atoms with Gasteiger partial charge in [0.1, 0.15) is 22.6 Å². The topological polar surface area (TPSA) is 43.4 Å². The Hall–Kier alpha value is -0.940. The zero-order valence-electron chi connectivity index (χ0n) is 8.14. The maximum absolute atomic E-state index is 12.2. The van der Waals surface area contributed by atoms with Crippen molar-refractivity contribution in [3.05, 3.63) is 35.9 Å². The van der Waals surface area contributed by atoms with Gasteiger partial charge in [-0.2, -0.15) is 0 Å². The molecule has 84 valence electrons. The van der Waals surface area contributed by atoms with Crippen molar-refractivity contribution in [1.82, 2.24) is 0 Å². The summed E-state index contributed by atoms with van der Waals surface area (Å²) in [6.07, 6.45) is 0. The summed E-state index contributed by atoms with van der Waals surface area (Å²) in [6.45, 7) is -0.682. The number of thiol groups is 1. The lowest BCUT2D eigenvalue weighted by atomic mass is 10.2. The smallest absolute Gasteiger partial charge is 0.147 e. The molecule has 0 saturated carbocycles. The van der Waals surface area contributed by atoms with Crippen LogP contribution < -0.4 is 0 Å². The van der Waals surface area contributed by atoms with Gasteiger partial charge >= 0.3 is 0 Å². The van der Waals surface area contributed by atoms with Gasteiger partial charge in [0.05, 0.1) is 13.2 Å². The molecule has 0 aromatic heterocycles. The fourth-order valence-corrected chi connectivity index (χ4v) is 1.39. The lowest BCUT2D eigenvalue weighted by Gasteiger charge is -2.07. The van der Waals surface area contributed by atoms with Crippen LogP contribution in [0, 0.1) is 0 Å². The van der Waals surface area contributed by atoms with E-state index in [-0.39, 0.29) is 6.61 Å². The highest BCUT2D eigenvalue weighted by Gasteiger charge is 2.10. The van der Waals surface area contributed by atoms with Gasteiger partial charge in [-0.3, -0.25) is 0 Å². The minimum absolute atomic E-state index is 0.0932. The monoisotopic (exact) mass is 232 g/mol. The lowest BCUT2D eigenvalue weighted by molar-refractivity contribution is 0.116. The molecule has 0 aliphatic carbocycles. The Morgan fingerprint density at radius 2 is 1.93 bits per heavy atom. The average molecular weight is 232 g/mol. The first-order chi connectivity index (χ1) is 7.24. The standard InChI is InChI=1S/C10H13FO3S/c11-6-10(15(12)13)8-14-7-9-4-2-1-3-5-9/h1-5,10,15H,6-8H2. The largest absolute Gasteiger partial charge is 0.375 e. The Morgan fingerprint density at radius 3 is 2.47 bits per heavy atom. The van der Waals surface area contributed by atoms with Gasteiger partial charge in [0.15, 0.2) is 0 Å². The lowest BCUT2D eigenvalue weighted by Crippen LogP contribution is -2.19. The first kappa shape index (κ1) is 12.1. The van der Waals surface area contributed by atoms with Gasteiger partial charge in [0.2, 0.25) is 0 Å². The maximum atomic E-state index is 12.2. The van der Waals surface area contributed by atoms with E-state index in [0.29, 0.717) is 6.61 Å². The molecule has 0 saturated heterocycles. The number of rotatable bonds is 6. The van der Waals surface area contributed by atoms with Crippen LogP contribution in [0.3, 0.4) is 0 Å². The van der Waals surface area contributed by atoms with Crippen LogP contribution in [0.1, 0.15) is 5.56 Å². The van der Waals surface area contributed by atoms with Crippen molar-refractivity contribution in [1.29, 1.82) is 0 Å². The second-order valence-electron chi connectivity index (χ2n) is 3.09. The molecule has 3 nitrogen and oxygen atoms in total. The Bertz CT molecular complexity index is 343. The highest BCUT2D eigenvalue weighted by Crippen LogP contribution is 2.02. The molecular formula is C10H13FO3S. The molecule has 0 spiro atoms. The predicted octanol–water partition coefficient (Wildman–Crippen LogP) is 1.15. The SMILES string of the molecule is O=[SH](=O)C(CF)COCc1ccccc1. The second kappa shape index (κ2) is 6.53. The third kappa shape index (κ3) is 4.40. The minimum Gasteiger partial charge on any atom is -0.375 e. The van der Waals surface area contributed by atoms with Crippen molar-refractivity contribution in [2.45, 2.75) is 11.9 Å². The highest BCUT2D eigenvalue weighted by atomic mass is 32.2. The van der Waals surface area contributed by atoms with Gasteiger partial charge in [-0.05, 0) is 5.56 Å². The first-order valence-electron chi connectivity index (χ1n) is 4.55.